The summed E-state index contributed by atoms with van der Waals surface area (Å²) in [6, 6.07) is 18.1. The van der Waals surface area contributed by atoms with E-state index in [-0.39, 0.29) is 0 Å². The molecular weight excluding hydrogens is 324 g/mol. The van der Waals surface area contributed by atoms with Crippen LogP contribution in [0.2, 0.25) is 0 Å². The molecule has 1 N–H and O–H groups in total. The minimum absolute atomic E-state index is 0.510. The Balaban J connectivity index is 1.71. The summed E-state index contributed by atoms with van der Waals surface area (Å²) in [7, 11) is 0. The third-order valence-electron chi connectivity index (χ3n) is 4.42. The maximum absolute atomic E-state index is 4.88. The van der Waals surface area contributed by atoms with Gasteiger partial charge in [-0.2, -0.15) is 5.11 Å². The molecule has 26 heavy (non-hydrogen) atoms. The SMILES string of the molecule is c1ccc(Nc2nc3cc(C4=NN=NC4)ccc3c3cnccc23)cc1. The molecule has 0 radical (unpaired) electrons. The molecule has 2 aromatic carbocycles. The van der Waals surface area contributed by atoms with Crippen LogP contribution >= 0.6 is 0 Å². The van der Waals surface area contributed by atoms with Crippen molar-refractivity contribution in [3.8, 4) is 0 Å². The maximum atomic E-state index is 4.88. The number of nitrogens with zero attached hydrogens (tertiary/aromatic N) is 5. The van der Waals surface area contributed by atoms with Crippen molar-refractivity contribution >= 4 is 38.9 Å². The Kier molecular flexibility index (Phi) is 3.38. The summed E-state index contributed by atoms with van der Waals surface area (Å²) in [4.78, 5) is 9.18. The van der Waals surface area contributed by atoms with Gasteiger partial charge in [0.2, 0.25) is 0 Å². The third-order valence-corrected chi connectivity index (χ3v) is 4.42. The summed E-state index contributed by atoms with van der Waals surface area (Å²) >= 11 is 0. The number of anilines is 2. The second kappa shape index (κ2) is 6.00. The van der Waals surface area contributed by atoms with Crippen molar-refractivity contribution in [2.75, 3.05) is 11.9 Å². The van der Waals surface area contributed by atoms with Crippen molar-refractivity contribution in [3.05, 3.63) is 72.6 Å². The number of benzene rings is 2. The molecule has 124 valence electrons. The van der Waals surface area contributed by atoms with E-state index in [1.54, 1.807) is 6.20 Å². The van der Waals surface area contributed by atoms with Crippen molar-refractivity contribution in [2.45, 2.75) is 0 Å². The van der Waals surface area contributed by atoms with E-state index in [9.17, 15) is 0 Å². The quantitative estimate of drug-likeness (QED) is 0.550. The molecule has 6 nitrogen and oxygen atoms in total. The summed E-state index contributed by atoms with van der Waals surface area (Å²) in [5, 5.41) is 18.3. The lowest BCUT2D eigenvalue weighted by Crippen LogP contribution is -2.02. The van der Waals surface area contributed by atoms with E-state index in [4.69, 9.17) is 4.98 Å². The van der Waals surface area contributed by atoms with Crippen molar-refractivity contribution in [3.63, 3.8) is 0 Å². The van der Waals surface area contributed by atoms with E-state index in [0.29, 0.717) is 6.54 Å². The van der Waals surface area contributed by atoms with Crippen LogP contribution in [-0.4, -0.2) is 22.2 Å². The molecule has 2 aromatic heterocycles. The normalized spacial score (nSPS) is 13.3. The van der Waals surface area contributed by atoms with Gasteiger partial charge in [-0.15, -0.1) is 5.10 Å². The lowest BCUT2D eigenvalue weighted by molar-refractivity contribution is 1.06. The van der Waals surface area contributed by atoms with Gasteiger partial charge >= 0.3 is 0 Å². The van der Waals surface area contributed by atoms with Gasteiger partial charge in [-0.25, -0.2) is 4.98 Å². The molecule has 0 atom stereocenters. The van der Waals surface area contributed by atoms with Gasteiger partial charge in [-0.3, -0.25) is 4.98 Å². The minimum atomic E-state index is 0.510. The molecule has 4 aromatic rings. The summed E-state index contributed by atoms with van der Waals surface area (Å²) in [6.07, 6.45) is 3.67. The van der Waals surface area contributed by atoms with Crippen LogP contribution in [0.25, 0.3) is 21.7 Å². The summed E-state index contributed by atoms with van der Waals surface area (Å²) in [6.45, 7) is 0.510. The van der Waals surface area contributed by atoms with Crippen LogP contribution in [0, 0.1) is 0 Å². The predicted molar refractivity (Wildman–Crippen MR) is 103 cm³/mol. The number of hydrogen-bond donors (Lipinski definition) is 1. The van der Waals surface area contributed by atoms with Crippen LogP contribution < -0.4 is 5.32 Å². The summed E-state index contributed by atoms with van der Waals surface area (Å²) in [5.74, 6) is 0.806. The molecule has 0 unspecified atom stereocenters. The zero-order valence-corrected chi connectivity index (χ0v) is 13.8. The van der Waals surface area contributed by atoms with Crippen LogP contribution in [-0.2, 0) is 0 Å². The Morgan fingerprint density at radius 1 is 0.885 bits per heavy atom. The Bertz CT molecular complexity index is 1180. The van der Waals surface area contributed by atoms with E-state index in [1.807, 2.05) is 54.7 Å². The molecule has 3 heterocycles. The third kappa shape index (κ3) is 2.48. The van der Waals surface area contributed by atoms with Gasteiger partial charge in [0.05, 0.1) is 11.2 Å². The molecular formula is C20H14N6. The van der Waals surface area contributed by atoms with Gasteiger partial charge in [-0.05, 0) is 29.5 Å². The van der Waals surface area contributed by atoms with Crippen molar-refractivity contribution < 1.29 is 0 Å². The zero-order valence-electron chi connectivity index (χ0n) is 13.8. The monoisotopic (exact) mass is 338 g/mol. The first-order valence-corrected chi connectivity index (χ1v) is 8.32. The van der Waals surface area contributed by atoms with Gasteiger partial charge in [0, 0.05) is 39.8 Å². The van der Waals surface area contributed by atoms with E-state index >= 15 is 0 Å². The fraction of sp³-hybridized carbons (Fsp3) is 0.0500. The molecule has 1 aliphatic rings. The number of hydrogen-bond acceptors (Lipinski definition) is 6. The van der Waals surface area contributed by atoms with Crippen LogP contribution in [0.5, 0.6) is 0 Å². The molecule has 0 saturated carbocycles. The van der Waals surface area contributed by atoms with Crippen LogP contribution in [0.4, 0.5) is 11.5 Å². The van der Waals surface area contributed by atoms with Crippen LogP contribution in [0.3, 0.4) is 0 Å². The highest BCUT2D eigenvalue weighted by atomic mass is 15.4. The molecule has 6 heteroatoms. The number of para-hydroxylation sites is 1. The average Bonchev–Trinajstić information content (AvgIpc) is 3.23. The molecule has 0 saturated heterocycles. The van der Waals surface area contributed by atoms with E-state index < -0.39 is 0 Å². The fourth-order valence-electron chi connectivity index (χ4n) is 3.15. The lowest BCUT2D eigenvalue weighted by Gasteiger charge is -2.12. The van der Waals surface area contributed by atoms with E-state index in [2.05, 4.69) is 31.8 Å². The summed E-state index contributed by atoms with van der Waals surface area (Å²) < 4.78 is 0. The number of rotatable bonds is 3. The molecule has 0 amide bonds. The minimum Gasteiger partial charge on any atom is -0.340 e. The van der Waals surface area contributed by atoms with Gasteiger partial charge in [0.25, 0.3) is 0 Å². The highest BCUT2D eigenvalue weighted by Crippen LogP contribution is 2.31. The first kappa shape index (κ1) is 14.7. The molecule has 0 bridgehead atoms. The van der Waals surface area contributed by atoms with Crippen molar-refractivity contribution in [2.24, 2.45) is 15.4 Å². The number of nitrogens with one attached hydrogen (secondary N) is 1. The van der Waals surface area contributed by atoms with Gasteiger partial charge < -0.3 is 5.32 Å². The van der Waals surface area contributed by atoms with Gasteiger partial charge in [-0.1, -0.05) is 30.3 Å². The van der Waals surface area contributed by atoms with Crippen molar-refractivity contribution in [1.82, 2.24) is 9.97 Å². The molecule has 5 rings (SSSR count). The van der Waals surface area contributed by atoms with E-state index in [1.165, 1.54) is 0 Å². The average molecular weight is 338 g/mol. The molecule has 0 fully saturated rings. The highest BCUT2D eigenvalue weighted by Gasteiger charge is 2.12. The Hall–Kier alpha value is -3.67. The molecule has 0 aliphatic carbocycles. The summed E-state index contributed by atoms with van der Waals surface area (Å²) in [5.41, 5.74) is 3.73. The fourth-order valence-corrected chi connectivity index (χ4v) is 3.15. The predicted octanol–water partition coefficient (Wildman–Crippen LogP) is 4.70. The van der Waals surface area contributed by atoms with Gasteiger partial charge in [0.1, 0.15) is 12.4 Å². The van der Waals surface area contributed by atoms with E-state index in [0.717, 1.165) is 44.5 Å². The Morgan fingerprint density at radius 3 is 2.65 bits per heavy atom. The largest absolute Gasteiger partial charge is 0.340 e. The lowest BCUT2D eigenvalue weighted by atomic mass is 10.0. The highest BCUT2D eigenvalue weighted by molar-refractivity contribution is 6.12. The Labute approximate surface area is 149 Å². The number of pyridine rings is 2. The number of fused-ring (bicyclic) bond motifs is 3. The first-order chi connectivity index (χ1) is 12.9. The van der Waals surface area contributed by atoms with Crippen LogP contribution in [0.1, 0.15) is 5.56 Å². The van der Waals surface area contributed by atoms with Crippen molar-refractivity contribution in [1.29, 1.82) is 0 Å². The first-order valence-electron chi connectivity index (χ1n) is 8.32. The molecule has 0 spiro atoms. The smallest absolute Gasteiger partial charge is 0.139 e. The second-order valence-electron chi connectivity index (χ2n) is 6.04. The Morgan fingerprint density at radius 2 is 1.81 bits per heavy atom. The van der Waals surface area contributed by atoms with Gasteiger partial charge in [0.15, 0.2) is 0 Å². The second-order valence-corrected chi connectivity index (χ2v) is 6.04. The topological polar surface area (TPSA) is 74.9 Å². The number of aromatic nitrogens is 2. The van der Waals surface area contributed by atoms with Crippen LogP contribution in [0.15, 0.2) is 82.4 Å². The molecule has 1 aliphatic heterocycles. The maximum Gasteiger partial charge on any atom is 0.139 e. The standard InChI is InChI=1S/C20H14N6/c1-2-4-14(5-3-1)23-20-16-8-9-21-11-17(16)15-7-6-13(10-18(15)24-20)19-12-22-26-25-19/h1-11H,12H2,(H,23,24). The zero-order chi connectivity index (χ0) is 17.3.